The van der Waals surface area contributed by atoms with Gasteiger partial charge in [0.2, 0.25) is 5.88 Å². The van der Waals surface area contributed by atoms with Crippen molar-refractivity contribution in [1.82, 2.24) is 4.98 Å². The number of nitrogens with zero attached hydrogens (tertiary/aromatic N) is 1. The lowest BCUT2D eigenvalue weighted by molar-refractivity contribution is -0.137. The number of alkyl halides is 3. The van der Waals surface area contributed by atoms with Gasteiger partial charge in [-0.1, -0.05) is 40.9 Å². The Kier molecular flexibility index (Phi) is 4.56. The second-order valence-corrected chi connectivity index (χ2v) is 5.16. The van der Waals surface area contributed by atoms with Crippen LogP contribution in [0.4, 0.5) is 13.2 Å². The lowest BCUT2D eigenvalue weighted by Crippen LogP contribution is -2.06. The standard InChI is InChI=1S/C13H7Cl3F3NO/c1-21-12-8(4-6(5-20-12)13(17,18)19)7-2-3-9(14)11(16)10(7)15/h2-5H,1H3. The molecule has 0 saturated carbocycles. The largest absolute Gasteiger partial charge is 0.481 e. The molecule has 8 heteroatoms. The minimum Gasteiger partial charge on any atom is -0.481 e. The first-order valence-corrected chi connectivity index (χ1v) is 6.64. The van der Waals surface area contributed by atoms with Crippen LogP contribution in [0.25, 0.3) is 11.1 Å². The zero-order chi connectivity index (χ0) is 15.8. The van der Waals surface area contributed by atoms with Crippen molar-refractivity contribution in [3.05, 3.63) is 45.0 Å². The Bertz CT molecular complexity index is 689. The molecule has 0 atom stereocenters. The molecule has 2 rings (SSSR count). The van der Waals surface area contributed by atoms with Gasteiger partial charge in [0, 0.05) is 17.3 Å². The van der Waals surface area contributed by atoms with E-state index in [1.165, 1.54) is 19.2 Å². The van der Waals surface area contributed by atoms with E-state index < -0.39 is 11.7 Å². The molecule has 112 valence electrons. The molecule has 21 heavy (non-hydrogen) atoms. The van der Waals surface area contributed by atoms with Gasteiger partial charge in [-0.05, 0) is 12.1 Å². The van der Waals surface area contributed by atoms with E-state index in [0.29, 0.717) is 6.20 Å². The van der Waals surface area contributed by atoms with E-state index in [4.69, 9.17) is 39.5 Å². The number of pyridine rings is 1. The summed E-state index contributed by atoms with van der Waals surface area (Å²) in [5.41, 5.74) is -0.585. The number of rotatable bonds is 2. The number of halogens is 6. The van der Waals surface area contributed by atoms with Crippen LogP contribution in [-0.4, -0.2) is 12.1 Å². The van der Waals surface area contributed by atoms with Crippen LogP contribution in [0.1, 0.15) is 5.56 Å². The van der Waals surface area contributed by atoms with E-state index in [2.05, 4.69) is 4.98 Å². The van der Waals surface area contributed by atoms with Crippen molar-refractivity contribution >= 4 is 34.8 Å². The van der Waals surface area contributed by atoms with E-state index >= 15 is 0 Å². The van der Waals surface area contributed by atoms with Crippen LogP contribution in [-0.2, 0) is 6.18 Å². The lowest BCUT2D eigenvalue weighted by Gasteiger charge is -2.13. The van der Waals surface area contributed by atoms with Gasteiger partial charge in [-0.25, -0.2) is 4.98 Å². The topological polar surface area (TPSA) is 22.1 Å². The van der Waals surface area contributed by atoms with Crippen LogP contribution in [0.5, 0.6) is 5.88 Å². The fraction of sp³-hybridized carbons (Fsp3) is 0.154. The molecule has 1 aromatic heterocycles. The molecule has 2 nitrogen and oxygen atoms in total. The van der Waals surface area contributed by atoms with E-state index in [9.17, 15) is 13.2 Å². The van der Waals surface area contributed by atoms with E-state index in [1.54, 1.807) is 0 Å². The van der Waals surface area contributed by atoms with Crippen LogP contribution in [0.3, 0.4) is 0 Å². The van der Waals surface area contributed by atoms with Gasteiger partial charge in [-0.15, -0.1) is 0 Å². The second-order valence-electron chi connectivity index (χ2n) is 4.00. The number of hydrogen-bond acceptors (Lipinski definition) is 2. The van der Waals surface area contributed by atoms with Crippen molar-refractivity contribution in [1.29, 1.82) is 0 Å². The van der Waals surface area contributed by atoms with Crippen LogP contribution in [0.2, 0.25) is 15.1 Å². The number of benzene rings is 1. The molecule has 0 unspecified atom stereocenters. The first-order valence-electron chi connectivity index (χ1n) is 5.50. The maximum absolute atomic E-state index is 12.8. The van der Waals surface area contributed by atoms with Crippen molar-refractivity contribution in [3.8, 4) is 17.0 Å². The molecule has 1 aromatic carbocycles. The molecular formula is C13H7Cl3F3NO. The van der Waals surface area contributed by atoms with Gasteiger partial charge >= 0.3 is 6.18 Å². The summed E-state index contributed by atoms with van der Waals surface area (Å²) in [7, 11) is 1.30. The second kappa shape index (κ2) is 5.91. The maximum Gasteiger partial charge on any atom is 0.417 e. The Hall–Kier alpha value is -1.17. The molecule has 2 aromatic rings. The number of hydrogen-bond donors (Lipinski definition) is 0. The predicted octanol–water partition coefficient (Wildman–Crippen LogP) is 5.74. The molecule has 0 N–H and O–H groups in total. The average Bonchev–Trinajstić information content (AvgIpc) is 2.43. The maximum atomic E-state index is 12.8. The molecule has 0 amide bonds. The van der Waals surface area contributed by atoms with Crippen LogP contribution in [0.15, 0.2) is 24.4 Å². The summed E-state index contributed by atoms with van der Waals surface area (Å²) >= 11 is 17.8. The summed E-state index contributed by atoms with van der Waals surface area (Å²) in [6.45, 7) is 0. The van der Waals surface area contributed by atoms with E-state index in [1.807, 2.05) is 0 Å². The number of aromatic nitrogens is 1. The molecule has 0 spiro atoms. The molecule has 0 bridgehead atoms. The van der Waals surface area contributed by atoms with Crippen LogP contribution in [0, 0.1) is 0 Å². The highest BCUT2D eigenvalue weighted by Crippen LogP contribution is 2.42. The zero-order valence-corrected chi connectivity index (χ0v) is 12.7. The Morgan fingerprint density at radius 2 is 1.71 bits per heavy atom. The number of methoxy groups -OCH3 is 1. The Labute approximate surface area is 133 Å². The summed E-state index contributed by atoms with van der Waals surface area (Å²) < 4.78 is 43.4. The first-order chi connectivity index (χ1) is 9.75. The van der Waals surface area contributed by atoms with E-state index in [-0.39, 0.29) is 32.1 Å². The van der Waals surface area contributed by atoms with E-state index in [0.717, 1.165) is 6.07 Å². The molecule has 0 radical (unpaired) electrons. The summed E-state index contributed by atoms with van der Waals surface area (Å²) in [6, 6.07) is 3.79. The summed E-state index contributed by atoms with van der Waals surface area (Å²) in [5.74, 6) is 0.00305. The third-order valence-corrected chi connectivity index (χ3v) is 3.99. The molecule has 0 aliphatic heterocycles. The highest BCUT2D eigenvalue weighted by Gasteiger charge is 2.32. The molecular weight excluding hydrogens is 350 g/mol. The third-order valence-electron chi connectivity index (χ3n) is 2.70. The minimum atomic E-state index is -4.53. The first kappa shape index (κ1) is 16.2. The zero-order valence-electron chi connectivity index (χ0n) is 10.4. The predicted molar refractivity (Wildman–Crippen MR) is 76.3 cm³/mol. The molecule has 0 saturated heterocycles. The Morgan fingerprint density at radius 3 is 2.29 bits per heavy atom. The smallest absolute Gasteiger partial charge is 0.417 e. The SMILES string of the molecule is COc1ncc(C(F)(F)F)cc1-c1ccc(Cl)c(Cl)c1Cl. The van der Waals surface area contributed by atoms with Crippen LogP contribution < -0.4 is 4.74 Å². The summed E-state index contributed by atoms with van der Waals surface area (Å²) in [5, 5.41) is 0.281. The quantitative estimate of drug-likeness (QED) is 0.640. The van der Waals surface area contributed by atoms with Crippen molar-refractivity contribution in [3.63, 3.8) is 0 Å². The molecule has 0 aliphatic carbocycles. The summed E-state index contributed by atoms with van der Waals surface area (Å²) in [6.07, 6.45) is -3.84. The normalized spacial score (nSPS) is 11.6. The van der Waals surface area contributed by atoms with Gasteiger partial charge < -0.3 is 4.74 Å². The Morgan fingerprint density at radius 1 is 1.05 bits per heavy atom. The van der Waals surface area contributed by atoms with Crippen LogP contribution >= 0.6 is 34.8 Å². The van der Waals surface area contributed by atoms with Gasteiger partial charge in [0.05, 0.1) is 27.7 Å². The fourth-order valence-electron chi connectivity index (χ4n) is 1.70. The highest BCUT2D eigenvalue weighted by atomic mass is 35.5. The molecule has 1 heterocycles. The van der Waals surface area contributed by atoms with Crippen molar-refractivity contribution in [2.24, 2.45) is 0 Å². The van der Waals surface area contributed by atoms with Gasteiger partial charge in [-0.3, -0.25) is 0 Å². The van der Waals surface area contributed by atoms with Gasteiger partial charge in [0.15, 0.2) is 0 Å². The van der Waals surface area contributed by atoms with Crippen molar-refractivity contribution < 1.29 is 17.9 Å². The lowest BCUT2D eigenvalue weighted by atomic mass is 10.0. The summed E-state index contributed by atoms with van der Waals surface area (Å²) in [4.78, 5) is 3.66. The van der Waals surface area contributed by atoms with Gasteiger partial charge in [-0.2, -0.15) is 13.2 Å². The van der Waals surface area contributed by atoms with Crippen molar-refractivity contribution in [2.45, 2.75) is 6.18 Å². The number of ether oxygens (including phenoxy) is 1. The molecule has 0 aliphatic rings. The van der Waals surface area contributed by atoms with Gasteiger partial charge in [0.1, 0.15) is 0 Å². The monoisotopic (exact) mass is 355 g/mol. The average molecular weight is 357 g/mol. The third kappa shape index (κ3) is 3.20. The fourth-order valence-corrected chi connectivity index (χ4v) is 2.33. The van der Waals surface area contributed by atoms with Crippen molar-refractivity contribution in [2.75, 3.05) is 7.11 Å². The Balaban J connectivity index is 2.70. The molecule has 0 fully saturated rings. The van der Waals surface area contributed by atoms with Gasteiger partial charge in [0.25, 0.3) is 0 Å². The highest BCUT2D eigenvalue weighted by molar-refractivity contribution is 6.49. The minimum absolute atomic E-state index is 0.00305.